The van der Waals surface area contributed by atoms with Gasteiger partial charge in [-0.1, -0.05) is 17.7 Å². The number of nitrogens with two attached hydrogens (primary N) is 1. The van der Waals surface area contributed by atoms with Gasteiger partial charge >= 0.3 is 0 Å². The Balaban J connectivity index is 2.38. The molecule has 0 aliphatic carbocycles. The molecule has 0 aliphatic rings. The molecule has 1 heterocycles. The molecule has 0 radical (unpaired) electrons. The topological polar surface area (TPSA) is 26.0 Å². The Bertz CT molecular complexity index is 509. The summed E-state index contributed by atoms with van der Waals surface area (Å²) >= 11 is 11.1. The van der Waals surface area contributed by atoms with E-state index in [1.165, 1.54) is 10.4 Å². The van der Waals surface area contributed by atoms with Crippen LogP contribution in [0, 0.1) is 6.92 Å². The van der Waals surface area contributed by atoms with E-state index in [4.69, 9.17) is 17.3 Å². The zero-order chi connectivity index (χ0) is 11.7. The van der Waals surface area contributed by atoms with Crippen LogP contribution in [0.5, 0.6) is 0 Å². The Hall–Kier alpha value is -0.350. The van der Waals surface area contributed by atoms with E-state index in [-0.39, 0.29) is 6.04 Å². The van der Waals surface area contributed by atoms with Gasteiger partial charge in [0.1, 0.15) is 0 Å². The summed E-state index contributed by atoms with van der Waals surface area (Å²) in [7, 11) is 0. The maximum absolute atomic E-state index is 6.22. The van der Waals surface area contributed by atoms with E-state index in [1.807, 2.05) is 18.2 Å². The van der Waals surface area contributed by atoms with E-state index in [0.717, 1.165) is 10.0 Å². The Morgan fingerprint density at radius 3 is 2.69 bits per heavy atom. The predicted octanol–water partition coefficient (Wildman–Crippen LogP) is 4.52. The van der Waals surface area contributed by atoms with Crippen molar-refractivity contribution in [2.75, 3.05) is 0 Å². The second-order valence-corrected chi connectivity index (χ2v) is 5.83. The van der Waals surface area contributed by atoms with Gasteiger partial charge in [0.05, 0.1) is 11.1 Å². The number of halogens is 2. The number of rotatable bonds is 2. The molecule has 1 aromatic heterocycles. The lowest BCUT2D eigenvalue weighted by molar-refractivity contribution is 0.885. The first-order valence-corrected chi connectivity index (χ1v) is 6.89. The minimum atomic E-state index is -0.0920. The molecule has 0 spiro atoms. The summed E-state index contributed by atoms with van der Waals surface area (Å²) in [6.07, 6.45) is 0. The van der Waals surface area contributed by atoms with E-state index < -0.39 is 0 Å². The first kappa shape index (κ1) is 12.1. The minimum Gasteiger partial charge on any atom is -0.320 e. The minimum absolute atomic E-state index is 0.0920. The SMILES string of the molecule is Cc1ccsc1C(N)c1ccc(Br)c(Cl)c1. The molecule has 1 nitrogen and oxygen atoms in total. The van der Waals surface area contributed by atoms with Gasteiger partial charge in [-0.25, -0.2) is 0 Å². The van der Waals surface area contributed by atoms with Gasteiger partial charge in [-0.2, -0.15) is 0 Å². The summed E-state index contributed by atoms with van der Waals surface area (Å²) < 4.78 is 0.896. The molecule has 0 saturated heterocycles. The third-order valence-corrected chi connectivity index (χ3v) is 4.82. The highest BCUT2D eigenvalue weighted by Crippen LogP contribution is 2.31. The normalized spacial score (nSPS) is 12.8. The van der Waals surface area contributed by atoms with Crippen LogP contribution in [-0.2, 0) is 0 Å². The van der Waals surface area contributed by atoms with E-state index in [9.17, 15) is 0 Å². The molecule has 1 atom stereocenters. The first-order valence-electron chi connectivity index (χ1n) is 4.84. The van der Waals surface area contributed by atoms with Crippen LogP contribution < -0.4 is 5.73 Å². The number of benzene rings is 1. The summed E-state index contributed by atoms with van der Waals surface area (Å²) in [6.45, 7) is 2.08. The zero-order valence-electron chi connectivity index (χ0n) is 8.71. The molecule has 0 bridgehead atoms. The van der Waals surface area contributed by atoms with Gasteiger partial charge in [-0.05, 0) is 57.6 Å². The summed E-state index contributed by atoms with van der Waals surface area (Å²) in [6, 6.07) is 7.83. The highest BCUT2D eigenvalue weighted by atomic mass is 79.9. The maximum Gasteiger partial charge on any atom is 0.0649 e. The zero-order valence-corrected chi connectivity index (χ0v) is 11.9. The van der Waals surface area contributed by atoms with E-state index >= 15 is 0 Å². The van der Waals surface area contributed by atoms with Crippen molar-refractivity contribution in [2.24, 2.45) is 5.73 Å². The Labute approximate surface area is 112 Å². The van der Waals surface area contributed by atoms with Crippen LogP contribution in [0.4, 0.5) is 0 Å². The fourth-order valence-electron chi connectivity index (χ4n) is 1.56. The Morgan fingerprint density at radius 1 is 1.38 bits per heavy atom. The van der Waals surface area contributed by atoms with Crippen LogP contribution in [0.15, 0.2) is 34.1 Å². The van der Waals surface area contributed by atoms with Crippen molar-refractivity contribution < 1.29 is 0 Å². The van der Waals surface area contributed by atoms with Crippen LogP contribution in [0.3, 0.4) is 0 Å². The quantitative estimate of drug-likeness (QED) is 0.866. The molecule has 16 heavy (non-hydrogen) atoms. The molecule has 4 heteroatoms. The van der Waals surface area contributed by atoms with Crippen molar-refractivity contribution in [2.45, 2.75) is 13.0 Å². The van der Waals surface area contributed by atoms with E-state index in [2.05, 4.69) is 34.3 Å². The third kappa shape index (κ3) is 2.33. The standard InChI is InChI=1S/C12H11BrClNS/c1-7-4-5-16-12(7)11(15)8-2-3-9(13)10(14)6-8/h2-6,11H,15H2,1H3. The number of hydrogen-bond acceptors (Lipinski definition) is 2. The molecule has 1 unspecified atom stereocenters. The van der Waals surface area contributed by atoms with Gasteiger partial charge in [-0.3, -0.25) is 0 Å². The van der Waals surface area contributed by atoms with Gasteiger partial charge in [0.2, 0.25) is 0 Å². The molecular formula is C12H11BrClNS. The average Bonchev–Trinajstić information content (AvgIpc) is 2.67. The lowest BCUT2D eigenvalue weighted by Crippen LogP contribution is -2.11. The summed E-state index contributed by atoms with van der Waals surface area (Å²) in [5.74, 6) is 0. The molecule has 2 aromatic rings. The van der Waals surface area contributed by atoms with Crippen molar-refractivity contribution >= 4 is 38.9 Å². The van der Waals surface area contributed by atoms with Crippen LogP contribution in [0.1, 0.15) is 22.0 Å². The fraction of sp³-hybridized carbons (Fsp3) is 0.167. The second-order valence-electron chi connectivity index (χ2n) is 3.62. The Morgan fingerprint density at radius 2 is 2.12 bits per heavy atom. The van der Waals surface area contributed by atoms with Gasteiger partial charge < -0.3 is 5.73 Å². The molecule has 0 aliphatic heterocycles. The molecule has 84 valence electrons. The third-order valence-electron chi connectivity index (χ3n) is 2.49. The molecule has 0 saturated carbocycles. The molecule has 1 aromatic carbocycles. The number of hydrogen-bond donors (Lipinski definition) is 1. The molecule has 0 fully saturated rings. The monoisotopic (exact) mass is 315 g/mol. The van der Waals surface area contributed by atoms with Crippen LogP contribution in [0.2, 0.25) is 5.02 Å². The smallest absolute Gasteiger partial charge is 0.0649 e. The van der Waals surface area contributed by atoms with Gasteiger partial charge in [0, 0.05) is 9.35 Å². The highest BCUT2D eigenvalue weighted by Gasteiger charge is 2.13. The van der Waals surface area contributed by atoms with Crippen molar-refractivity contribution in [3.8, 4) is 0 Å². The lowest BCUT2D eigenvalue weighted by Gasteiger charge is -2.12. The van der Waals surface area contributed by atoms with E-state index in [1.54, 1.807) is 11.3 Å². The van der Waals surface area contributed by atoms with Crippen LogP contribution in [-0.4, -0.2) is 0 Å². The predicted molar refractivity (Wildman–Crippen MR) is 74.2 cm³/mol. The van der Waals surface area contributed by atoms with E-state index in [0.29, 0.717) is 5.02 Å². The van der Waals surface area contributed by atoms with Gasteiger partial charge in [-0.15, -0.1) is 11.3 Å². The maximum atomic E-state index is 6.22. The van der Waals surface area contributed by atoms with Crippen molar-refractivity contribution in [1.29, 1.82) is 0 Å². The second kappa shape index (κ2) is 4.88. The summed E-state index contributed by atoms with van der Waals surface area (Å²) in [4.78, 5) is 1.19. The molecule has 2 N–H and O–H groups in total. The summed E-state index contributed by atoms with van der Waals surface area (Å²) in [5, 5.41) is 2.76. The Kier molecular flexibility index (Phi) is 3.70. The fourth-order valence-corrected chi connectivity index (χ4v) is 2.95. The lowest BCUT2D eigenvalue weighted by atomic mass is 10.0. The first-order chi connectivity index (χ1) is 7.59. The van der Waals surface area contributed by atoms with Gasteiger partial charge in [0.25, 0.3) is 0 Å². The van der Waals surface area contributed by atoms with Gasteiger partial charge in [0.15, 0.2) is 0 Å². The van der Waals surface area contributed by atoms with Crippen molar-refractivity contribution in [1.82, 2.24) is 0 Å². The molecule has 0 amide bonds. The average molecular weight is 317 g/mol. The number of aryl methyl sites for hydroxylation is 1. The number of thiophene rings is 1. The van der Waals surface area contributed by atoms with Crippen molar-refractivity contribution in [3.63, 3.8) is 0 Å². The molecular weight excluding hydrogens is 306 g/mol. The van der Waals surface area contributed by atoms with Crippen molar-refractivity contribution in [3.05, 3.63) is 55.1 Å². The molecule has 2 rings (SSSR count). The largest absolute Gasteiger partial charge is 0.320 e. The van der Waals surface area contributed by atoms with Crippen LogP contribution >= 0.6 is 38.9 Å². The van der Waals surface area contributed by atoms with Crippen LogP contribution in [0.25, 0.3) is 0 Å². The summed E-state index contributed by atoms with van der Waals surface area (Å²) in [5.41, 5.74) is 8.49. The highest BCUT2D eigenvalue weighted by molar-refractivity contribution is 9.10.